The predicted octanol–water partition coefficient (Wildman–Crippen LogP) is 3.48. The molecule has 1 amide bonds. The monoisotopic (exact) mass is 471 g/mol. The van der Waals surface area contributed by atoms with Gasteiger partial charge in [-0.3, -0.25) is 4.79 Å². The van der Waals surface area contributed by atoms with E-state index < -0.39 is 5.91 Å². The maximum absolute atomic E-state index is 13.2. The van der Waals surface area contributed by atoms with Crippen molar-refractivity contribution in [3.05, 3.63) is 65.1 Å². The molecule has 4 heterocycles. The normalized spacial score (nSPS) is 21.2. The summed E-state index contributed by atoms with van der Waals surface area (Å²) in [5.41, 5.74) is 3.54. The van der Waals surface area contributed by atoms with Crippen LogP contribution in [0, 0.1) is 12.3 Å². The zero-order chi connectivity index (χ0) is 24.6. The van der Waals surface area contributed by atoms with Gasteiger partial charge in [0.05, 0.1) is 16.9 Å². The zero-order valence-electron chi connectivity index (χ0n) is 20.1. The van der Waals surface area contributed by atoms with Crippen molar-refractivity contribution in [3.63, 3.8) is 0 Å². The van der Waals surface area contributed by atoms with E-state index >= 15 is 0 Å². The minimum atomic E-state index is -0.392. The van der Waals surface area contributed by atoms with Gasteiger partial charge >= 0.3 is 0 Å². The van der Waals surface area contributed by atoms with Crippen molar-refractivity contribution >= 4 is 29.7 Å². The number of amides is 1. The fraction of sp³-hybridized carbons (Fsp3) is 0.346. The van der Waals surface area contributed by atoms with Crippen LogP contribution in [0.5, 0.6) is 5.75 Å². The molecule has 9 nitrogen and oxygen atoms in total. The molecule has 3 aliphatic heterocycles. The van der Waals surface area contributed by atoms with E-state index in [4.69, 9.17) is 10.1 Å². The highest BCUT2D eigenvalue weighted by Gasteiger charge is 2.34. The number of fused-ring (bicyclic) bond motifs is 1. The van der Waals surface area contributed by atoms with Gasteiger partial charge in [0, 0.05) is 67.6 Å². The van der Waals surface area contributed by atoms with Crippen LogP contribution >= 0.6 is 0 Å². The number of carbonyl (C=O) groups excluding carboxylic acids is 1. The summed E-state index contributed by atoms with van der Waals surface area (Å²) < 4.78 is 6.20. The van der Waals surface area contributed by atoms with E-state index in [1.165, 1.54) is 0 Å². The molecular weight excluding hydrogens is 442 g/mol. The van der Waals surface area contributed by atoms with E-state index in [-0.39, 0.29) is 17.1 Å². The van der Waals surface area contributed by atoms with Gasteiger partial charge in [-0.25, -0.2) is 15.0 Å². The Hall–Kier alpha value is -4.01. The van der Waals surface area contributed by atoms with Crippen LogP contribution in [0.4, 0.5) is 11.4 Å². The number of aryl methyl sites for hydroxylation is 1. The van der Waals surface area contributed by atoms with E-state index in [9.17, 15) is 4.79 Å². The van der Waals surface area contributed by atoms with Crippen molar-refractivity contribution in [1.82, 2.24) is 15.3 Å². The molecule has 1 fully saturated rings. The summed E-state index contributed by atoms with van der Waals surface area (Å²) in [4.78, 5) is 28.5. The fourth-order valence-electron chi connectivity index (χ4n) is 4.83. The molecular formula is C26H29N7O2. The van der Waals surface area contributed by atoms with Gasteiger partial charge in [-0.1, -0.05) is 0 Å². The molecule has 0 radical (unpaired) electrons. The van der Waals surface area contributed by atoms with Crippen LogP contribution in [0.1, 0.15) is 43.3 Å². The highest BCUT2D eigenvalue weighted by Crippen LogP contribution is 2.43. The minimum Gasteiger partial charge on any atom is -0.487 e. The number of rotatable bonds is 5. The lowest BCUT2D eigenvalue weighted by molar-refractivity contribution is -0.112. The van der Waals surface area contributed by atoms with Crippen molar-refractivity contribution in [2.45, 2.75) is 45.1 Å². The molecule has 1 saturated heterocycles. The largest absolute Gasteiger partial charge is 0.487 e. The first kappa shape index (κ1) is 22.8. The lowest BCUT2D eigenvalue weighted by atomic mass is 10.0. The third-order valence-corrected chi connectivity index (χ3v) is 6.42. The van der Waals surface area contributed by atoms with Crippen LogP contribution in [0.15, 0.2) is 53.1 Å². The Labute approximate surface area is 204 Å². The molecule has 5 rings (SSSR count). The van der Waals surface area contributed by atoms with Crippen molar-refractivity contribution in [2.75, 3.05) is 23.3 Å². The van der Waals surface area contributed by atoms with Crippen molar-refractivity contribution in [2.24, 2.45) is 4.99 Å². The van der Waals surface area contributed by atoms with Gasteiger partial charge in [0.15, 0.2) is 0 Å². The van der Waals surface area contributed by atoms with Crippen LogP contribution < -0.4 is 20.3 Å². The number of hydrogen-bond donors (Lipinski definition) is 3. The number of carbonyl (C=O) groups is 1. The number of ether oxygens (including phenoxy) is 1. The fourth-order valence-corrected chi connectivity index (χ4v) is 4.83. The lowest BCUT2D eigenvalue weighted by Gasteiger charge is -2.24. The van der Waals surface area contributed by atoms with E-state index in [0.717, 1.165) is 60.7 Å². The lowest BCUT2D eigenvalue weighted by Crippen LogP contribution is -2.25. The van der Waals surface area contributed by atoms with Crippen molar-refractivity contribution < 1.29 is 9.53 Å². The Balaban J connectivity index is 1.47. The van der Waals surface area contributed by atoms with E-state index in [0.29, 0.717) is 11.5 Å². The topological polar surface area (TPSA) is 116 Å². The average Bonchev–Trinajstić information content (AvgIpc) is 3.43. The molecule has 1 atom stereocenters. The Morgan fingerprint density at radius 1 is 1.37 bits per heavy atom. The van der Waals surface area contributed by atoms with E-state index in [1.807, 2.05) is 25.1 Å². The van der Waals surface area contributed by atoms with Crippen molar-refractivity contribution in [1.29, 1.82) is 5.41 Å². The van der Waals surface area contributed by atoms with E-state index in [1.54, 1.807) is 24.7 Å². The second-order valence-electron chi connectivity index (χ2n) is 9.62. The number of nitrogens with zero attached hydrogens (tertiary/aromatic N) is 4. The molecule has 1 aromatic heterocycles. The number of anilines is 2. The standard InChI is InChI=1S/C26H29N7O2/c1-16-28-9-5-20(31-16)17-6-10-33(15-17)22-12-23-18(13-26(2,3)35-23)11-21(22)32-25(34)19(14-27)24-29-7-4-8-30-24/h4-5,7-9,11-12,14,17,27,29H,6,10,13,15H2,1-3H3,(H,32,34)/b24-19-,27-14?. The molecule has 3 N–H and O–H groups in total. The predicted molar refractivity (Wildman–Crippen MR) is 136 cm³/mol. The molecule has 1 aromatic carbocycles. The Morgan fingerprint density at radius 3 is 2.97 bits per heavy atom. The summed E-state index contributed by atoms with van der Waals surface area (Å²) in [6.07, 6.45) is 9.53. The molecule has 0 bridgehead atoms. The highest BCUT2D eigenvalue weighted by atomic mass is 16.5. The number of allylic oxidation sites excluding steroid dienone is 1. The maximum Gasteiger partial charge on any atom is 0.261 e. The smallest absolute Gasteiger partial charge is 0.261 e. The van der Waals surface area contributed by atoms with Gasteiger partial charge in [0.2, 0.25) is 0 Å². The first-order chi connectivity index (χ1) is 16.8. The number of aliphatic imine (C=N–C) groups is 1. The van der Waals surface area contributed by atoms with Crippen LogP contribution in [-0.4, -0.2) is 47.0 Å². The molecule has 2 aromatic rings. The Bertz CT molecular complexity index is 1280. The summed E-state index contributed by atoms with van der Waals surface area (Å²) in [7, 11) is 0. The van der Waals surface area contributed by atoms with Gasteiger partial charge < -0.3 is 25.7 Å². The Kier molecular flexibility index (Phi) is 5.84. The molecule has 3 aliphatic rings. The summed E-state index contributed by atoms with van der Waals surface area (Å²) >= 11 is 0. The second kappa shape index (κ2) is 8.98. The van der Waals surface area contributed by atoms with Crippen molar-refractivity contribution in [3.8, 4) is 5.75 Å². The van der Waals surface area contributed by atoms with Crippen LogP contribution in [0.3, 0.4) is 0 Å². The average molecular weight is 472 g/mol. The van der Waals surface area contributed by atoms with Gasteiger partial charge in [-0.05, 0) is 45.4 Å². The molecule has 1 unspecified atom stereocenters. The number of hydrogen-bond acceptors (Lipinski definition) is 8. The summed E-state index contributed by atoms with van der Waals surface area (Å²) in [6.45, 7) is 7.63. The van der Waals surface area contributed by atoms with Gasteiger partial charge in [0.1, 0.15) is 23.0 Å². The first-order valence-corrected chi connectivity index (χ1v) is 11.8. The highest BCUT2D eigenvalue weighted by molar-refractivity contribution is 6.18. The van der Waals surface area contributed by atoms with Crippen LogP contribution in [-0.2, 0) is 11.2 Å². The van der Waals surface area contributed by atoms with E-state index in [2.05, 4.69) is 44.3 Å². The SMILES string of the molecule is Cc1nccc(C2CCN(c3cc4c(cc3NC(=O)/C(C=N)=C3\N=CC=CN3)CC(C)(C)O4)C2)n1. The summed E-state index contributed by atoms with van der Waals surface area (Å²) in [5, 5.41) is 13.8. The quantitative estimate of drug-likeness (QED) is 0.454. The molecule has 0 spiro atoms. The zero-order valence-corrected chi connectivity index (χ0v) is 20.1. The van der Waals surface area contributed by atoms with Crippen LogP contribution in [0.2, 0.25) is 0 Å². The summed E-state index contributed by atoms with van der Waals surface area (Å²) in [5.74, 6) is 1.84. The molecule has 0 saturated carbocycles. The summed E-state index contributed by atoms with van der Waals surface area (Å²) in [6, 6.07) is 6.01. The molecule has 9 heteroatoms. The van der Waals surface area contributed by atoms with Crippen LogP contribution in [0.25, 0.3) is 0 Å². The molecule has 35 heavy (non-hydrogen) atoms. The molecule has 180 valence electrons. The minimum absolute atomic E-state index is 0.157. The first-order valence-electron chi connectivity index (χ1n) is 11.8. The van der Waals surface area contributed by atoms with Gasteiger partial charge in [-0.15, -0.1) is 0 Å². The van der Waals surface area contributed by atoms with Gasteiger partial charge in [0.25, 0.3) is 5.91 Å². The maximum atomic E-state index is 13.2. The molecule has 0 aliphatic carbocycles. The second-order valence-corrected chi connectivity index (χ2v) is 9.62. The third-order valence-electron chi connectivity index (χ3n) is 6.42. The number of nitrogens with one attached hydrogen (secondary N) is 3. The Morgan fingerprint density at radius 2 is 2.23 bits per heavy atom. The number of aromatic nitrogens is 2. The third kappa shape index (κ3) is 4.66. The number of benzene rings is 1. The van der Waals surface area contributed by atoms with Gasteiger partial charge in [-0.2, -0.15) is 0 Å².